The van der Waals surface area contributed by atoms with Gasteiger partial charge in [0.2, 0.25) is 0 Å². The van der Waals surface area contributed by atoms with Gasteiger partial charge in [-0.2, -0.15) is 18.3 Å². The van der Waals surface area contributed by atoms with Crippen LogP contribution in [0.4, 0.5) is 18.9 Å². The van der Waals surface area contributed by atoms with Gasteiger partial charge in [-0.1, -0.05) is 0 Å². The molecule has 0 fully saturated rings. The smallest absolute Gasteiger partial charge is 0.322 e. The predicted molar refractivity (Wildman–Crippen MR) is 97.3 cm³/mol. The summed E-state index contributed by atoms with van der Waals surface area (Å²) in [4.78, 5) is 17.4. The minimum atomic E-state index is -4.46. The van der Waals surface area contributed by atoms with Crippen LogP contribution in [0.15, 0.2) is 53.7 Å². The highest BCUT2D eigenvalue weighted by molar-refractivity contribution is 7.98. The van der Waals surface area contributed by atoms with Crippen LogP contribution in [-0.4, -0.2) is 26.9 Å². The lowest BCUT2D eigenvalue weighted by Crippen LogP contribution is -2.13. The van der Waals surface area contributed by atoms with Crippen molar-refractivity contribution in [1.29, 1.82) is 0 Å². The molecule has 3 rings (SSSR count). The van der Waals surface area contributed by atoms with Gasteiger partial charge in [-0.05, 0) is 49.6 Å². The second-order valence-electron chi connectivity index (χ2n) is 5.64. The number of rotatable bonds is 4. The first-order valence-corrected chi connectivity index (χ1v) is 9.05. The van der Waals surface area contributed by atoms with E-state index in [0.717, 1.165) is 17.2 Å². The van der Waals surface area contributed by atoms with Crippen LogP contribution in [0, 0.1) is 6.92 Å². The number of nitrogens with zero attached hydrogens (tertiary/aromatic N) is 3. The summed E-state index contributed by atoms with van der Waals surface area (Å²) in [5.74, 6) is -0.161. The lowest BCUT2D eigenvalue weighted by atomic mass is 10.2. The van der Waals surface area contributed by atoms with Crippen LogP contribution >= 0.6 is 11.8 Å². The van der Waals surface area contributed by atoms with E-state index >= 15 is 0 Å². The third-order valence-corrected chi connectivity index (χ3v) is 4.64. The number of aromatic nitrogens is 3. The molecule has 0 radical (unpaired) electrons. The van der Waals surface area contributed by atoms with E-state index in [1.165, 1.54) is 16.9 Å². The molecule has 0 aliphatic carbocycles. The van der Waals surface area contributed by atoms with Crippen molar-refractivity contribution < 1.29 is 18.0 Å². The maximum absolute atomic E-state index is 12.6. The lowest BCUT2D eigenvalue weighted by Gasteiger charge is -2.08. The Bertz CT molecular complexity index is 950. The molecule has 0 aliphatic rings. The van der Waals surface area contributed by atoms with E-state index in [1.807, 2.05) is 18.4 Å². The Labute approximate surface area is 157 Å². The van der Waals surface area contributed by atoms with Crippen LogP contribution in [-0.2, 0) is 6.18 Å². The molecule has 1 amide bonds. The van der Waals surface area contributed by atoms with E-state index in [-0.39, 0.29) is 11.7 Å². The zero-order chi connectivity index (χ0) is 19.6. The number of hydrogen-bond acceptors (Lipinski definition) is 4. The standard InChI is InChI=1S/C18H15F3N4OS/c1-11-15(17(26)24-13-4-6-14(27-2)7-5-13)10-23-25(11)16-8-3-12(9-22-16)18(19,20)21/h3-10H,1-2H3,(H,24,26). The summed E-state index contributed by atoms with van der Waals surface area (Å²) < 4.78 is 39.3. The summed E-state index contributed by atoms with van der Waals surface area (Å²) in [7, 11) is 0. The van der Waals surface area contributed by atoms with Crippen LogP contribution in [0.2, 0.25) is 0 Å². The van der Waals surface area contributed by atoms with E-state index < -0.39 is 11.7 Å². The number of carbonyl (C=O) groups excluding carboxylic acids is 1. The largest absolute Gasteiger partial charge is 0.417 e. The highest BCUT2D eigenvalue weighted by Gasteiger charge is 2.30. The molecule has 0 saturated heterocycles. The second-order valence-corrected chi connectivity index (χ2v) is 6.52. The van der Waals surface area contributed by atoms with Gasteiger partial charge in [0.1, 0.15) is 0 Å². The summed E-state index contributed by atoms with van der Waals surface area (Å²) in [6.45, 7) is 1.65. The first-order valence-electron chi connectivity index (χ1n) is 7.83. The Morgan fingerprint density at radius 1 is 1.11 bits per heavy atom. The molecule has 0 atom stereocenters. The summed E-state index contributed by atoms with van der Waals surface area (Å²) in [5.41, 5.74) is 0.575. The number of amides is 1. The normalized spacial score (nSPS) is 11.4. The number of alkyl halides is 3. The fourth-order valence-electron chi connectivity index (χ4n) is 2.42. The topological polar surface area (TPSA) is 59.8 Å². The van der Waals surface area contributed by atoms with E-state index in [4.69, 9.17) is 0 Å². The quantitative estimate of drug-likeness (QED) is 0.661. The molecule has 0 spiro atoms. The van der Waals surface area contributed by atoms with Gasteiger partial charge in [0.05, 0.1) is 23.0 Å². The van der Waals surface area contributed by atoms with Gasteiger partial charge in [0, 0.05) is 16.8 Å². The van der Waals surface area contributed by atoms with Crippen molar-refractivity contribution >= 4 is 23.4 Å². The van der Waals surface area contributed by atoms with Crippen molar-refractivity contribution in [3.8, 4) is 5.82 Å². The molecule has 3 aromatic rings. The van der Waals surface area contributed by atoms with E-state index in [0.29, 0.717) is 16.9 Å². The lowest BCUT2D eigenvalue weighted by molar-refractivity contribution is -0.137. The molecule has 9 heteroatoms. The molecular formula is C18H15F3N4OS. The highest BCUT2D eigenvalue weighted by atomic mass is 32.2. The molecule has 5 nitrogen and oxygen atoms in total. The molecule has 27 heavy (non-hydrogen) atoms. The zero-order valence-electron chi connectivity index (χ0n) is 14.4. The van der Waals surface area contributed by atoms with Gasteiger partial charge in [-0.15, -0.1) is 11.8 Å². The van der Waals surface area contributed by atoms with Gasteiger partial charge >= 0.3 is 6.18 Å². The molecule has 0 bridgehead atoms. The number of anilines is 1. The first kappa shape index (κ1) is 19.0. The fourth-order valence-corrected chi connectivity index (χ4v) is 2.82. The third kappa shape index (κ3) is 4.13. The molecule has 0 unspecified atom stereocenters. The van der Waals surface area contributed by atoms with Crippen LogP contribution < -0.4 is 5.32 Å². The van der Waals surface area contributed by atoms with Crippen LogP contribution in [0.5, 0.6) is 0 Å². The van der Waals surface area contributed by atoms with Gasteiger partial charge in [-0.25, -0.2) is 9.67 Å². The maximum Gasteiger partial charge on any atom is 0.417 e. The Balaban J connectivity index is 1.80. The van der Waals surface area contributed by atoms with E-state index in [9.17, 15) is 18.0 Å². The Morgan fingerprint density at radius 3 is 2.37 bits per heavy atom. The number of carbonyl (C=O) groups is 1. The monoisotopic (exact) mass is 392 g/mol. The number of pyridine rings is 1. The molecule has 0 aliphatic heterocycles. The van der Waals surface area contributed by atoms with E-state index in [2.05, 4.69) is 15.4 Å². The molecule has 0 saturated carbocycles. The number of halogens is 3. The van der Waals surface area contributed by atoms with Crippen molar-refractivity contribution in [2.75, 3.05) is 11.6 Å². The van der Waals surface area contributed by atoms with Gasteiger partial charge < -0.3 is 5.32 Å². The molecule has 2 aromatic heterocycles. The Kier molecular flexibility index (Phi) is 5.22. The fraction of sp³-hybridized carbons (Fsp3) is 0.167. The van der Waals surface area contributed by atoms with Crippen LogP contribution in [0.1, 0.15) is 21.6 Å². The summed E-state index contributed by atoms with van der Waals surface area (Å²) in [5, 5.41) is 6.85. The number of thioether (sulfide) groups is 1. The molecule has 2 heterocycles. The average Bonchev–Trinajstić information content (AvgIpc) is 3.03. The number of hydrogen-bond donors (Lipinski definition) is 1. The molecule has 1 N–H and O–H groups in total. The number of benzene rings is 1. The van der Waals surface area contributed by atoms with Gasteiger partial charge in [-0.3, -0.25) is 4.79 Å². The van der Waals surface area contributed by atoms with Gasteiger partial charge in [0.15, 0.2) is 5.82 Å². The van der Waals surface area contributed by atoms with Crippen molar-refractivity contribution in [3.63, 3.8) is 0 Å². The first-order chi connectivity index (χ1) is 12.8. The van der Waals surface area contributed by atoms with Crippen LogP contribution in [0.3, 0.4) is 0 Å². The van der Waals surface area contributed by atoms with Gasteiger partial charge in [0.25, 0.3) is 5.91 Å². The minimum Gasteiger partial charge on any atom is -0.322 e. The van der Waals surface area contributed by atoms with Crippen molar-refractivity contribution in [2.24, 2.45) is 0 Å². The maximum atomic E-state index is 12.6. The minimum absolute atomic E-state index is 0.198. The predicted octanol–water partition coefficient (Wildman–Crippen LogP) is 4.57. The molecule has 1 aromatic carbocycles. The van der Waals surface area contributed by atoms with E-state index in [1.54, 1.807) is 30.8 Å². The second kappa shape index (κ2) is 7.43. The Hall–Kier alpha value is -2.81. The average molecular weight is 392 g/mol. The summed E-state index contributed by atoms with van der Waals surface area (Å²) in [6.07, 6.45) is -0.397. The van der Waals surface area contributed by atoms with Crippen molar-refractivity contribution in [3.05, 3.63) is 65.6 Å². The molecule has 140 valence electrons. The Morgan fingerprint density at radius 2 is 1.81 bits per heavy atom. The molecular weight excluding hydrogens is 377 g/mol. The van der Waals surface area contributed by atoms with Crippen LogP contribution in [0.25, 0.3) is 5.82 Å². The van der Waals surface area contributed by atoms with Crippen molar-refractivity contribution in [2.45, 2.75) is 18.0 Å². The zero-order valence-corrected chi connectivity index (χ0v) is 15.2. The summed E-state index contributed by atoms with van der Waals surface area (Å²) in [6, 6.07) is 9.51. The highest BCUT2D eigenvalue weighted by Crippen LogP contribution is 2.29. The number of nitrogens with one attached hydrogen (secondary N) is 1. The summed E-state index contributed by atoms with van der Waals surface area (Å²) >= 11 is 1.60. The third-order valence-electron chi connectivity index (χ3n) is 3.89. The van der Waals surface area contributed by atoms with Crippen molar-refractivity contribution in [1.82, 2.24) is 14.8 Å². The SMILES string of the molecule is CSc1ccc(NC(=O)c2cnn(-c3ccc(C(F)(F)F)cn3)c2C)cc1.